The molecule has 146 valence electrons. The molecule has 1 aromatic heterocycles. The van der Waals surface area contributed by atoms with E-state index in [1.54, 1.807) is 39.8 Å². The van der Waals surface area contributed by atoms with E-state index in [2.05, 4.69) is 15.3 Å². The molecule has 2 rings (SSSR count). The van der Waals surface area contributed by atoms with Crippen molar-refractivity contribution in [3.05, 3.63) is 41.2 Å². The topological polar surface area (TPSA) is 98.2 Å². The van der Waals surface area contributed by atoms with E-state index < -0.39 is 15.1 Å². The van der Waals surface area contributed by atoms with Crippen molar-refractivity contribution in [3.8, 4) is 6.01 Å². The Kier molecular flexibility index (Phi) is 6.54. The van der Waals surface area contributed by atoms with Crippen LogP contribution in [0.1, 0.15) is 37.7 Å². The average molecular weight is 391 g/mol. The molecule has 8 heteroatoms. The van der Waals surface area contributed by atoms with E-state index in [0.717, 1.165) is 5.56 Å². The maximum absolute atomic E-state index is 12.4. The summed E-state index contributed by atoms with van der Waals surface area (Å²) in [6.45, 7) is 9.14. The van der Waals surface area contributed by atoms with Gasteiger partial charge in [0.25, 0.3) is 0 Å². The monoisotopic (exact) mass is 391 g/mol. The molecule has 0 aliphatic rings. The highest BCUT2D eigenvalue weighted by atomic mass is 32.2. The largest absolute Gasteiger partial charge is 0.464 e. The fourth-order valence-electron chi connectivity index (χ4n) is 2.50. The summed E-state index contributed by atoms with van der Waals surface area (Å²) in [5.41, 5.74) is 2.52. The lowest BCUT2D eigenvalue weighted by atomic mass is 10.1. The third kappa shape index (κ3) is 5.03. The average Bonchev–Trinajstić information content (AvgIpc) is 2.59. The summed E-state index contributed by atoms with van der Waals surface area (Å²) < 4.78 is 29.6. The van der Waals surface area contributed by atoms with Gasteiger partial charge in [0, 0.05) is 0 Å². The number of hydrogen-bond acceptors (Lipinski definition) is 6. The number of anilines is 1. The Bertz CT molecular complexity index is 899. The highest BCUT2D eigenvalue weighted by Gasteiger charge is 2.19. The Morgan fingerprint density at radius 2 is 1.67 bits per heavy atom. The zero-order valence-corrected chi connectivity index (χ0v) is 17.1. The Balaban J connectivity index is 2.10. The molecule has 27 heavy (non-hydrogen) atoms. The fraction of sp³-hybridized carbons (Fsp3) is 0.421. The van der Waals surface area contributed by atoms with Gasteiger partial charge in [-0.05, 0) is 52.3 Å². The second kappa shape index (κ2) is 8.47. The Hall–Kier alpha value is -2.48. The number of ether oxygens (including phenoxy) is 1. The van der Waals surface area contributed by atoms with Crippen LogP contribution in [-0.4, -0.2) is 36.1 Å². The molecule has 2 aromatic rings. The number of carbonyl (C=O) groups is 1. The molecule has 1 heterocycles. The van der Waals surface area contributed by atoms with Gasteiger partial charge in [0.1, 0.15) is 0 Å². The van der Waals surface area contributed by atoms with E-state index in [-0.39, 0.29) is 23.2 Å². The summed E-state index contributed by atoms with van der Waals surface area (Å²) in [6.07, 6.45) is 0.119. The second-order valence-corrected chi connectivity index (χ2v) is 8.95. The van der Waals surface area contributed by atoms with Crippen molar-refractivity contribution in [2.24, 2.45) is 0 Å². The summed E-state index contributed by atoms with van der Waals surface area (Å²) in [7, 11) is -3.32. The quantitative estimate of drug-likeness (QED) is 0.779. The number of hydrogen-bond donors (Lipinski definition) is 1. The molecule has 0 aliphatic heterocycles. The summed E-state index contributed by atoms with van der Waals surface area (Å²) in [5.74, 6) is -0.228. The van der Waals surface area contributed by atoms with E-state index in [1.165, 1.54) is 12.1 Å². The summed E-state index contributed by atoms with van der Waals surface area (Å²) >= 11 is 0. The SMILES string of the molecule is CCOc1nc(C)c(NC(=O)Cc2ccc(S(=O)(=O)C(C)C)cc2)c(C)n1. The first-order valence-corrected chi connectivity index (χ1v) is 10.3. The summed E-state index contributed by atoms with van der Waals surface area (Å²) in [5, 5.41) is 2.33. The predicted molar refractivity (Wildman–Crippen MR) is 104 cm³/mol. The van der Waals surface area contributed by atoms with Gasteiger partial charge in [-0.3, -0.25) is 4.79 Å². The molecule has 0 fully saturated rings. The zero-order chi connectivity index (χ0) is 20.2. The minimum atomic E-state index is -3.32. The molecule has 1 amide bonds. The maximum atomic E-state index is 12.4. The van der Waals surface area contributed by atoms with Crippen molar-refractivity contribution in [1.82, 2.24) is 9.97 Å². The van der Waals surface area contributed by atoms with Crippen LogP contribution in [0.25, 0.3) is 0 Å². The molecule has 0 saturated heterocycles. The first kappa shape index (κ1) is 20.8. The van der Waals surface area contributed by atoms with Gasteiger partial charge in [-0.25, -0.2) is 8.42 Å². The minimum absolute atomic E-state index is 0.119. The molecule has 0 atom stereocenters. The number of aryl methyl sites for hydroxylation is 2. The van der Waals surface area contributed by atoms with Crippen molar-refractivity contribution in [1.29, 1.82) is 0 Å². The molecule has 1 aromatic carbocycles. The van der Waals surface area contributed by atoms with Crippen LogP contribution in [0.15, 0.2) is 29.2 Å². The van der Waals surface area contributed by atoms with E-state index >= 15 is 0 Å². The van der Waals surface area contributed by atoms with E-state index in [1.807, 2.05) is 6.92 Å². The normalized spacial score (nSPS) is 11.5. The zero-order valence-electron chi connectivity index (χ0n) is 16.2. The number of aromatic nitrogens is 2. The number of rotatable bonds is 7. The minimum Gasteiger partial charge on any atom is -0.464 e. The van der Waals surface area contributed by atoms with Crippen LogP contribution >= 0.6 is 0 Å². The van der Waals surface area contributed by atoms with E-state index in [9.17, 15) is 13.2 Å². The lowest BCUT2D eigenvalue weighted by Gasteiger charge is -2.12. The van der Waals surface area contributed by atoms with Crippen molar-refractivity contribution in [2.75, 3.05) is 11.9 Å². The lowest BCUT2D eigenvalue weighted by Crippen LogP contribution is -2.18. The van der Waals surface area contributed by atoms with Crippen molar-refractivity contribution in [3.63, 3.8) is 0 Å². The fourth-order valence-corrected chi connectivity index (χ4v) is 3.56. The Morgan fingerprint density at radius 3 is 2.15 bits per heavy atom. The lowest BCUT2D eigenvalue weighted by molar-refractivity contribution is -0.115. The molecule has 0 saturated carbocycles. The Morgan fingerprint density at radius 1 is 1.11 bits per heavy atom. The van der Waals surface area contributed by atoms with Gasteiger partial charge in [-0.15, -0.1) is 0 Å². The van der Waals surface area contributed by atoms with Crippen molar-refractivity contribution < 1.29 is 17.9 Å². The van der Waals surface area contributed by atoms with Gasteiger partial charge < -0.3 is 10.1 Å². The smallest absolute Gasteiger partial charge is 0.316 e. The highest BCUT2D eigenvalue weighted by Crippen LogP contribution is 2.20. The molecule has 0 spiro atoms. The number of carbonyl (C=O) groups excluding carboxylic acids is 1. The molecule has 7 nitrogen and oxygen atoms in total. The second-order valence-electron chi connectivity index (χ2n) is 6.45. The van der Waals surface area contributed by atoms with Crippen molar-refractivity contribution in [2.45, 2.75) is 51.2 Å². The summed E-state index contributed by atoms with van der Waals surface area (Å²) in [4.78, 5) is 21.1. The predicted octanol–water partition coefficient (Wildman–Crippen LogP) is 2.86. The first-order chi connectivity index (χ1) is 12.6. The van der Waals surface area contributed by atoms with Crippen molar-refractivity contribution >= 4 is 21.4 Å². The van der Waals surface area contributed by atoms with Gasteiger partial charge in [-0.1, -0.05) is 12.1 Å². The maximum Gasteiger partial charge on any atom is 0.316 e. The third-order valence-electron chi connectivity index (χ3n) is 4.03. The number of amides is 1. The van der Waals surface area contributed by atoms with Crippen LogP contribution in [0.2, 0.25) is 0 Å². The molecular weight excluding hydrogens is 366 g/mol. The molecule has 0 radical (unpaired) electrons. The molecule has 1 N–H and O–H groups in total. The number of nitrogens with one attached hydrogen (secondary N) is 1. The van der Waals surface area contributed by atoms with Crippen LogP contribution in [0.5, 0.6) is 6.01 Å². The van der Waals surface area contributed by atoms with Crippen LogP contribution in [0.3, 0.4) is 0 Å². The van der Waals surface area contributed by atoms with Crippen LogP contribution in [0.4, 0.5) is 5.69 Å². The van der Waals surface area contributed by atoms with Gasteiger partial charge in [-0.2, -0.15) is 9.97 Å². The van der Waals surface area contributed by atoms with E-state index in [0.29, 0.717) is 23.7 Å². The highest BCUT2D eigenvalue weighted by molar-refractivity contribution is 7.92. The number of sulfone groups is 1. The third-order valence-corrected chi connectivity index (χ3v) is 6.20. The van der Waals surface area contributed by atoms with E-state index in [4.69, 9.17) is 4.74 Å². The van der Waals surface area contributed by atoms with Crippen LogP contribution in [0, 0.1) is 13.8 Å². The van der Waals surface area contributed by atoms with Gasteiger partial charge >= 0.3 is 6.01 Å². The first-order valence-electron chi connectivity index (χ1n) is 8.75. The van der Waals surface area contributed by atoms with Gasteiger partial charge in [0.2, 0.25) is 5.91 Å². The number of benzene rings is 1. The van der Waals surface area contributed by atoms with Crippen LogP contribution in [-0.2, 0) is 21.1 Å². The molecule has 0 aliphatic carbocycles. The van der Waals surface area contributed by atoms with Gasteiger partial charge in [0.05, 0.1) is 40.2 Å². The standard InChI is InChI=1S/C19H25N3O4S/c1-6-26-19-20-13(4)18(14(5)21-19)22-17(23)11-15-7-9-16(10-8-15)27(24,25)12(2)3/h7-10,12H,6,11H2,1-5H3,(H,22,23). The number of nitrogens with zero attached hydrogens (tertiary/aromatic N) is 2. The Labute approximate surface area is 160 Å². The molecule has 0 unspecified atom stereocenters. The summed E-state index contributed by atoms with van der Waals surface area (Å²) in [6, 6.07) is 6.67. The molecule has 0 bridgehead atoms. The van der Waals surface area contributed by atoms with Gasteiger partial charge in [0.15, 0.2) is 9.84 Å². The van der Waals surface area contributed by atoms with Crippen LogP contribution < -0.4 is 10.1 Å². The molecular formula is C19H25N3O4S.